The number of aliphatic hydroxyl groups is 2. The van der Waals surface area contributed by atoms with Gasteiger partial charge in [-0.05, 0) is 25.5 Å². The number of unbranched alkanes of at least 4 members (excludes halogenated alkanes) is 1. The van der Waals surface area contributed by atoms with E-state index in [4.69, 9.17) is 9.47 Å². The second kappa shape index (κ2) is 12.0. The molecule has 10 nitrogen and oxygen atoms in total. The Labute approximate surface area is 204 Å². The number of hydrogen-bond acceptors (Lipinski definition) is 8. The summed E-state index contributed by atoms with van der Waals surface area (Å²) < 4.78 is 12.0. The molecule has 3 rings (SSSR count). The number of rotatable bonds is 12. The first-order chi connectivity index (χ1) is 16.8. The van der Waals surface area contributed by atoms with Crippen molar-refractivity contribution in [3.05, 3.63) is 63.7 Å². The summed E-state index contributed by atoms with van der Waals surface area (Å²) in [4.78, 5) is 23.9. The minimum Gasteiger partial charge on any atom is -0.464 e. The lowest BCUT2D eigenvalue weighted by atomic mass is 9.99. The van der Waals surface area contributed by atoms with Crippen molar-refractivity contribution in [1.29, 1.82) is 0 Å². The summed E-state index contributed by atoms with van der Waals surface area (Å²) in [6, 6.07) is 11.5. The molecule has 190 valence electrons. The number of nitro groups is 1. The van der Waals surface area contributed by atoms with Crippen LogP contribution in [0.25, 0.3) is 0 Å². The molecule has 0 fully saturated rings. The third-order valence-electron chi connectivity index (χ3n) is 6.05. The van der Waals surface area contributed by atoms with E-state index in [2.05, 4.69) is 17.6 Å². The number of aliphatic hydroxyl groups excluding tert-OH is 2. The molecule has 2 aromatic rings. The van der Waals surface area contributed by atoms with Crippen LogP contribution >= 0.6 is 0 Å². The van der Waals surface area contributed by atoms with Crippen LogP contribution in [0.5, 0.6) is 5.75 Å². The summed E-state index contributed by atoms with van der Waals surface area (Å²) in [5.41, 5.74) is -0.0923. The predicted octanol–water partition coefficient (Wildman–Crippen LogP) is 3.22. The number of fused-ring (bicyclic) bond motifs is 1. The van der Waals surface area contributed by atoms with E-state index in [1.54, 1.807) is 6.92 Å². The lowest BCUT2D eigenvalue weighted by Crippen LogP contribution is -2.43. The van der Waals surface area contributed by atoms with Crippen molar-refractivity contribution < 1.29 is 29.4 Å². The molecule has 0 saturated carbocycles. The molecule has 1 amide bonds. The predicted molar refractivity (Wildman–Crippen MR) is 130 cm³/mol. The first-order valence-corrected chi connectivity index (χ1v) is 11.7. The third kappa shape index (κ3) is 6.68. The number of nitrogens with zero attached hydrogens (tertiary/aromatic N) is 1. The Balaban J connectivity index is 1.78. The molecule has 0 spiro atoms. The van der Waals surface area contributed by atoms with E-state index in [-0.39, 0.29) is 29.4 Å². The van der Waals surface area contributed by atoms with Gasteiger partial charge in [-0.15, -0.1) is 0 Å². The van der Waals surface area contributed by atoms with Gasteiger partial charge in [-0.3, -0.25) is 14.9 Å². The Hall–Kier alpha value is -3.21. The van der Waals surface area contributed by atoms with Crippen molar-refractivity contribution in [2.45, 2.75) is 51.5 Å². The monoisotopic (exact) mass is 487 g/mol. The van der Waals surface area contributed by atoms with Crippen molar-refractivity contribution in [3.8, 4) is 5.75 Å². The highest BCUT2D eigenvalue weighted by Crippen LogP contribution is 2.30. The van der Waals surface area contributed by atoms with E-state index in [0.717, 1.165) is 30.6 Å². The quantitative estimate of drug-likeness (QED) is 0.264. The molecule has 0 radical (unpaired) electrons. The molecule has 0 saturated heterocycles. The summed E-state index contributed by atoms with van der Waals surface area (Å²) >= 11 is 0. The molecule has 1 aliphatic rings. The zero-order valence-electron chi connectivity index (χ0n) is 20.0. The van der Waals surface area contributed by atoms with Crippen LogP contribution in [0.15, 0.2) is 42.5 Å². The number of nitro benzene ring substituents is 1. The number of carbonyl (C=O) groups is 1. The van der Waals surface area contributed by atoms with E-state index in [9.17, 15) is 25.1 Å². The summed E-state index contributed by atoms with van der Waals surface area (Å²) in [7, 11) is 0. The van der Waals surface area contributed by atoms with E-state index in [1.807, 2.05) is 24.3 Å². The molecule has 2 atom stereocenters. The molecule has 2 unspecified atom stereocenters. The smallest absolute Gasteiger partial charge is 0.270 e. The lowest BCUT2D eigenvalue weighted by molar-refractivity contribution is -0.384. The topological polar surface area (TPSA) is 143 Å². The highest BCUT2D eigenvalue weighted by atomic mass is 16.7. The number of non-ortho nitro benzene ring substituents is 1. The van der Waals surface area contributed by atoms with Gasteiger partial charge in [0.2, 0.25) is 6.29 Å². The minimum atomic E-state index is -1.12. The number of amides is 1. The zero-order chi connectivity index (χ0) is 25.4. The second-order valence-corrected chi connectivity index (χ2v) is 9.01. The number of carbonyl (C=O) groups excluding carboxylic acids is 1. The van der Waals surface area contributed by atoms with E-state index >= 15 is 0 Å². The van der Waals surface area contributed by atoms with Gasteiger partial charge < -0.3 is 30.3 Å². The summed E-state index contributed by atoms with van der Waals surface area (Å²) in [5.74, 6) is 0.101. The van der Waals surface area contributed by atoms with Crippen LogP contribution in [0.1, 0.15) is 49.0 Å². The van der Waals surface area contributed by atoms with Crippen LogP contribution in [-0.4, -0.2) is 52.6 Å². The Bertz CT molecular complexity index is 1030. The van der Waals surface area contributed by atoms with Gasteiger partial charge >= 0.3 is 0 Å². The Morgan fingerprint density at radius 2 is 2.00 bits per heavy atom. The van der Waals surface area contributed by atoms with Gasteiger partial charge in [0, 0.05) is 35.8 Å². The average molecular weight is 488 g/mol. The standard InChI is InChI=1S/C25H33N3O7/c1-3-4-7-17(24-34-14-18-8-5-6-9-22(18)35-24)13-26-23(31)20-12-19(28(32)33)10-11-21(20)27-25(2,15-29)16-30/h5-6,8-12,17,24,27,29-30H,3-4,7,13-16H2,1-2H3,(H,26,31). The number of para-hydroxylation sites is 1. The van der Waals surface area contributed by atoms with Gasteiger partial charge in [-0.25, -0.2) is 0 Å². The first kappa shape index (κ1) is 26.4. The van der Waals surface area contributed by atoms with E-state index in [0.29, 0.717) is 6.61 Å². The van der Waals surface area contributed by atoms with Gasteiger partial charge in [-0.1, -0.05) is 38.0 Å². The lowest BCUT2D eigenvalue weighted by Gasteiger charge is -2.32. The third-order valence-corrected chi connectivity index (χ3v) is 6.05. The van der Waals surface area contributed by atoms with Crippen LogP contribution in [-0.2, 0) is 11.3 Å². The van der Waals surface area contributed by atoms with E-state index in [1.165, 1.54) is 18.2 Å². The highest BCUT2D eigenvalue weighted by Gasteiger charge is 2.30. The molecule has 10 heteroatoms. The summed E-state index contributed by atoms with van der Waals surface area (Å²) in [6.45, 7) is 3.50. The fraction of sp³-hybridized carbons (Fsp3) is 0.480. The number of ether oxygens (including phenoxy) is 2. The fourth-order valence-electron chi connectivity index (χ4n) is 3.82. The van der Waals surface area contributed by atoms with Gasteiger partial charge in [0.1, 0.15) is 5.75 Å². The van der Waals surface area contributed by atoms with Crippen molar-refractivity contribution in [2.24, 2.45) is 5.92 Å². The van der Waals surface area contributed by atoms with Crippen molar-refractivity contribution in [3.63, 3.8) is 0 Å². The van der Waals surface area contributed by atoms with Crippen molar-refractivity contribution in [1.82, 2.24) is 5.32 Å². The Morgan fingerprint density at radius 1 is 1.26 bits per heavy atom. The van der Waals surface area contributed by atoms with Gasteiger partial charge in [0.15, 0.2) is 0 Å². The Morgan fingerprint density at radius 3 is 2.69 bits per heavy atom. The molecule has 35 heavy (non-hydrogen) atoms. The maximum absolute atomic E-state index is 13.2. The summed E-state index contributed by atoms with van der Waals surface area (Å²) in [5, 5.41) is 36.4. The minimum absolute atomic E-state index is 0.0393. The van der Waals surface area contributed by atoms with Crippen molar-refractivity contribution >= 4 is 17.3 Å². The maximum atomic E-state index is 13.2. The summed E-state index contributed by atoms with van der Waals surface area (Å²) in [6.07, 6.45) is 2.11. The largest absolute Gasteiger partial charge is 0.464 e. The molecular weight excluding hydrogens is 454 g/mol. The number of hydrogen-bond donors (Lipinski definition) is 4. The van der Waals surface area contributed by atoms with E-state index < -0.39 is 35.9 Å². The molecule has 4 N–H and O–H groups in total. The maximum Gasteiger partial charge on any atom is 0.270 e. The second-order valence-electron chi connectivity index (χ2n) is 9.01. The molecule has 0 aliphatic carbocycles. The molecule has 0 aromatic heterocycles. The fourth-order valence-corrected chi connectivity index (χ4v) is 3.82. The molecular formula is C25H33N3O7. The Kier molecular flexibility index (Phi) is 9.02. The number of benzene rings is 2. The van der Waals surface area contributed by atoms with Gasteiger partial charge in [0.05, 0.1) is 35.8 Å². The normalized spacial score (nSPS) is 16.1. The average Bonchev–Trinajstić information content (AvgIpc) is 2.88. The van der Waals surface area contributed by atoms with Crippen LogP contribution in [0.2, 0.25) is 0 Å². The molecule has 1 aliphatic heterocycles. The first-order valence-electron chi connectivity index (χ1n) is 11.7. The van der Waals surface area contributed by atoms with Gasteiger partial charge in [0.25, 0.3) is 11.6 Å². The molecule has 1 heterocycles. The SMILES string of the molecule is CCCCC(CNC(=O)c1cc([N+](=O)[O-])ccc1NC(C)(CO)CO)C1OCc2ccccc2O1. The van der Waals surface area contributed by atoms with Crippen LogP contribution in [0, 0.1) is 16.0 Å². The van der Waals surface area contributed by atoms with Crippen molar-refractivity contribution in [2.75, 3.05) is 25.1 Å². The van der Waals surface area contributed by atoms with Gasteiger partial charge in [-0.2, -0.15) is 0 Å². The molecule has 2 aromatic carbocycles. The van der Waals surface area contributed by atoms with Crippen LogP contribution in [0.4, 0.5) is 11.4 Å². The number of anilines is 1. The highest BCUT2D eigenvalue weighted by molar-refractivity contribution is 6.00. The van der Waals surface area contributed by atoms with Crippen LogP contribution in [0.3, 0.4) is 0 Å². The molecule has 0 bridgehead atoms. The zero-order valence-corrected chi connectivity index (χ0v) is 20.0. The number of nitrogens with one attached hydrogen (secondary N) is 2. The van der Waals surface area contributed by atoms with Crippen LogP contribution < -0.4 is 15.4 Å².